The van der Waals surface area contributed by atoms with Crippen LogP contribution in [-0.2, 0) is 0 Å². The summed E-state index contributed by atoms with van der Waals surface area (Å²) in [7, 11) is -2.63. The highest BCUT2D eigenvalue weighted by atomic mass is 79.9. The maximum Gasteiger partial charge on any atom is 0.119 e. The molecular weight excluding hydrogens is 606 g/mol. The highest BCUT2D eigenvalue weighted by Crippen LogP contribution is 2.41. The molecule has 1 saturated heterocycles. The minimum absolute atomic E-state index is 0.655. The Morgan fingerprint density at radius 3 is 1.04 bits per heavy atom. The maximum atomic E-state index is 4.53. The van der Waals surface area contributed by atoms with Crippen LogP contribution < -0.4 is 4.65 Å². The smallest absolute Gasteiger partial charge is 0.119 e. The molecule has 0 aromatic carbocycles. The summed E-state index contributed by atoms with van der Waals surface area (Å²) in [4.78, 5) is 2.62. The van der Waals surface area contributed by atoms with Gasteiger partial charge in [0.2, 0.25) is 0 Å². The zero-order chi connectivity index (χ0) is 19.1. The Labute approximate surface area is 192 Å². The Kier molecular flexibility index (Phi) is 12.3. The predicted octanol–water partition coefficient (Wildman–Crippen LogP) is 8.17. The molecule has 0 amide bonds. The first-order chi connectivity index (χ1) is 11.6. The average molecular weight is 643 g/mol. The van der Waals surface area contributed by atoms with Crippen molar-refractivity contribution in [2.45, 2.75) is 109 Å². The molecule has 4 atom stereocenters. The molecule has 0 radical (unpaired) electrons. The largest absolute Gasteiger partial charge is 0.359 e. The second kappa shape index (κ2) is 12.1. The van der Waals surface area contributed by atoms with Gasteiger partial charge < -0.3 is 4.65 Å². The van der Waals surface area contributed by atoms with E-state index in [2.05, 4.69) is 96.1 Å². The third kappa shape index (κ3) is 10.1. The number of halogens is 4. The second-order valence-electron chi connectivity index (χ2n) is 8.46. The van der Waals surface area contributed by atoms with E-state index < -0.39 is 16.5 Å². The first-order valence-electron chi connectivity index (χ1n) is 9.94. The molecule has 0 aromatic heterocycles. The maximum absolute atomic E-state index is 4.53. The van der Waals surface area contributed by atoms with Gasteiger partial charge in [0.05, 0.1) is 0 Å². The Morgan fingerprint density at radius 2 is 0.840 bits per heavy atom. The molecule has 7 heteroatoms. The highest BCUT2D eigenvalue weighted by molar-refractivity contribution is 9.10. The summed E-state index contributed by atoms with van der Waals surface area (Å²) in [5.41, 5.74) is 0. The van der Waals surface area contributed by atoms with Gasteiger partial charge >= 0.3 is 0 Å². The molecule has 1 nitrogen and oxygen atoms in total. The molecule has 0 bridgehead atoms. The molecule has 1 aliphatic rings. The lowest BCUT2D eigenvalue weighted by atomic mass is 10.4. The molecule has 0 aliphatic carbocycles. The minimum atomic E-state index is -1.32. The SMILES string of the molecule is CC(Br)CC[Si]1(CCC(C)Br)CC[Si](CCC(C)Br)(CCC(C)Br)N1. The Morgan fingerprint density at radius 1 is 0.600 bits per heavy atom. The average Bonchev–Trinajstić information content (AvgIpc) is 2.88. The first-order valence-corrected chi connectivity index (χ1v) is 18.8. The van der Waals surface area contributed by atoms with E-state index in [9.17, 15) is 0 Å². The van der Waals surface area contributed by atoms with Crippen molar-refractivity contribution in [2.75, 3.05) is 0 Å². The lowest BCUT2D eigenvalue weighted by Gasteiger charge is -2.36. The normalized spacial score (nSPS) is 31.7. The van der Waals surface area contributed by atoms with Crippen molar-refractivity contribution in [3.8, 4) is 0 Å². The van der Waals surface area contributed by atoms with E-state index >= 15 is 0 Å². The molecule has 1 N–H and O–H groups in total. The van der Waals surface area contributed by atoms with Crippen molar-refractivity contribution in [1.29, 1.82) is 0 Å². The van der Waals surface area contributed by atoms with Gasteiger partial charge in [0.1, 0.15) is 16.5 Å². The van der Waals surface area contributed by atoms with E-state index in [1.165, 1.54) is 61.9 Å². The fourth-order valence-corrected chi connectivity index (χ4v) is 23.4. The Balaban J connectivity index is 2.86. The van der Waals surface area contributed by atoms with Gasteiger partial charge in [-0.05, 0) is 61.9 Å². The van der Waals surface area contributed by atoms with Gasteiger partial charge in [0, 0.05) is 19.3 Å². The number of hydrogen-bond donors (Lipinski definition) is 1. The molecular formula is C18H37Br4NSi2. The third-order valence-electron chi connectivity index (χ3n) is 5.70. The summed E-state index contributed by atoms with van der Waals surface area (Å²) in [5, 5.41) is 0. The number of nitrogens with one attached hydrogen (secondary N) is 1. The molecule has 0 aromatic rings. The zero-order valence-electron chi connectivity index (χ0n) is 16.4. The van der Waals surface area contributed by atoms with Crippen molar-refractivity contribution in [2.24, 2.45) is 0 Å². The van der Waals surface area contributed by atoms with E-state index in [1.807, 2.05) is 0 Å². The fourth-order valence-electron chi connectivity index (χ4n) is 4.07. The van der Waals surface area contributed by atoms with Crippen LogP contribution in [0.2, 0.25) is 36.3 Å². The van der Waals surface area contributed by atoms with E-state index in [0.29, 0.717) is 19.3 Å². The molecule has 25 heavy (non-hydrogen) atoms. The molecule has 1 heterocycles. The summed E-state index contributed by atoms with van der Waals surface area (Å²) < 4.78 is 4.53. The van der Waals surface area contributed by atoms with Crippen molar-refractivity contribution in [1.82, 2.24) is 4.65 Å². The second-order valence-corrected chi connectivity index (χ2v) is 23.8. The summed E-state index contributed by atoms with van der Waals surface area (Å²) in [6.07, 6.45) is 5.35. The van der Waals surface area contributed by atoms with Gasteiger partial charge in [-0.3, -0.25) is 0 Å². The third-order valence-corrected chi connectivity index (χ3v) is 19.7. The summed E-state index contributed by atoms with van der Waals surface area (Å²) in [6.45, 7) is 9.25. The van der Waals surface area contributed by atoms with Gasteiger partial charge in [-0.15, -0.1) is 0 Å². The van der Waals surface area contributed by atoms with Gasteiger partial charge in [0.25, 0.3) is 0 Å². The monoisotopic (exact) mass is 639 g/mol. The number of hydrogen-bond acceptors (Lipinski definition) is 1. The van der Waals surface area contributed by atoms with Crippen LogP contribution in [0.5, 0.6) is 0 Å². The molecule has 0 saturated carbocycles. The summed E-state index contributed by atoms with van der Waals surface area (Å²) in [6, 6.07) is 8.91. The van der Waals surface area contributed by atoms with E-state index in [0.717, 1.165) is 0 Å². The lowest BCUT2D eigenvalue weighted by molar-refractivity contribution is 0.832. The predicted molar refractivity (Wildman–Crippen MR) is 136 cm³/mol. The van der Waals surface area contributed by atoms with Crippen molar-refractivity contribution < 1.29 is 0 Å². The van der Waals surface area contributed by atoms with Crippen molar-refractivity contribution in [3.05, 3.63) is 0 Å². The summed E-state index contributed by atoms with van der Waals surface area (Å²) in [5.74, 6) is 0. The fraction of sp³-hybridized carbons (Fsp3) is 1.00. The van der Waals surface area contributed by atoms with Gasteiger partial charge in [-0.1, -0.05) is 91.4 Å². The quantitative estimate of drug-likeness (QED) is 0.167. The van der Waals surface area contributed by atoms with Crippen LogP contribution in [0.15, 0.2) is 0 Å². The van der Waals surface area contributed by atoms with Gasteiger partial charge in [-0.2, -0.15) is 0 Å². The summed E-state index contributed by atoms with van der Waals surface area (Å²) >= 11 is 15.2. The minimum Gasteiger partial charge on any atom is -0.359 e. The van der Waals surface area contributed by atoms with Crippen LogP contribution in [0.3, 0.4) is 0 Å². The van der Waals surface area contributed by atoms with Crippen molar-refractivity contribution >= 4 is 80.2 Å². The Bertz CT molecular complexity index is 320. The molecule has 4 unspecified atom stereocenters. The Hall–Kier alpha value is 2.31. The number of alkyl halides is 4. The van der Waals surface area contributed by atoms with Gasteiger partial charge in [-0.25, -0.2) is 0 Å². The zero-order valence-corrected chi connectivity index (χ0v) is 24.7. The van der Waals surface area contributed by atoms with Gasteiger partial charge in [0.15, 0.2) is 0 Å². The van der Waals surface area contributed by atoms with E-state index in [-0.39, 0.29) is 0 Å². The topological polar surface area (TPSA) is 12.0 Å². The highest BCUT2D eigenvalue weighted by Gasteiger charge is 2.49. The first kappa shape index (κ1) is 25.4. The molecule has 0 spiro atoms. The molecule has 1 rings (SSSR count). The van der Waals surface area contributed by atoms with Crippen molar-refractivity contribution in [3.63, 3.8) is 0 Å². The van der Waals surface area contributed by atoms with Crippen LogP contribution in [-0.4, -0.2) is 35.8 Å². The van der Waals surface area contributed by atoms with E-state index in [4.69, 9.17) is 0 Å². The molecule has 1 aliphatic heterocycles. The number of rotatable bonds is 12. The van der Waals surface area contributed by atoms with Crippen LogP contribution in [0.4, 0.5) is 0 Å². The van der Waals surface area contributed by atoms with Crippen LogP contribution in [0.1, 0.15) is 53.4 Å². The van der Waals surface area contributed by atoms with Crippen LogP contribution in [0, 0.1) is 0 Å². The van der Waals surface area contributed by atoms with Crippen LogP contribution in [0.25, 0.3) is 0 Å². The lowest BCUT2D eigenvalue weighted by Crippen LogP contribution is -2.58. The van der Waals surface area contributed by atoms with Crippen LogP contribution >= 0.6 is 63.7 Å². The van der Waals surface area contributed by atoms with E-state index in [1.54, 1.807) is 0 Å². The molecule has 1 fully saturated rings. The molecule has 150 valence electrons. The standard InChI is InChI=1S/C18H37Br4NSi2/c1-15(19)5-9-24(10-6-16(2)20)13-14-25(23-24,11-7-17(3)21)12-8-18(4)22/h15-18,23H,5-14H2,1-4H3.